The number of halogens is 2. The van der Waals surface area contributed by atoms with E-state index in [0.717, 1.165) is 13.0 Å². The van der Waals surface area contributed by atoms with Crippen LogP contribution in [0.15, 0.2) is 60.7 Å². The summed E-state index contributed by atoms with van der Waals surface area (Å²) in [6.07, 6.45) is 1.15. The highest BCUT2D eigenvalue weighted by Gasteiger charge is 2.21. The Hall–Kier alpha value is -1.06. The van der Waals surface area contributed by atoms with E-state index in [2.05, 4.69) is 77.4 Å². The Balaban J connectivity index is 0.00000144. The molecule has 0 radical (unpaired) electrons. The van der Waals surface area contributed by atoms with Gasteiger partial charge in [-0.2, -0.15) is 0 Å². The van der Waals surface area contributed by atoms with Gasteiger partial charge >= 0.3 is 0 Å². The van der Waals surface area contributed by atoms with E-state index in [-0.39, 0.29) is 24.8 Å². The van der Waals surface area contributed by atoms with Crippen molar-refractivity contribution in [3.8, 4) is 0 Å². The smallest absolute Gasteiger partial charge is 0.0234 e. The highest BCUT2D eigenvalue weighted by atomic mass is 35.5. The summed E-state index contributed by atoms with van der Waals surface area (Å²) in [6.45, 7) is 8.16. The third kappa shape index (κ3) is 6.10. The SMILES string of the molecule is CC(Cc1ccccc1)N1CCN(Cc2ccccc2)CC1.Cl.Cl. The van der Waals surface area contributed by atoms with Crippen molar-refractivity contribution in [1.82, 2.24) is 9.80 Å². The summed E-state index contributed by atoms with van der Waals surface area (Å²) in [4.78, 5) is 5.20. The molecular formula is C20H28Cl2N2. The Kier molecular flexibility index (Phi) is 9.38. The number of nitrogens with zero attached hydrogens (tertiary/aromatic N) is 2. The second-order valence-corrected chi connectivity index (χ2v) is 6.34. The molecule has 1 saturated heterocycles. The van der Waals surface area contributed by atoms with Crippen LogP contribution in [0.25, 0.3) is 0 Å². The first-order valence-corrected chi connectivity index (χ1v) is 8.35. The number of benzene rings is 2. The van der Waals surface area contributed by atoms with E-state index in [0.29, 0.717) is 6.04 Å². The Morgan fingerprint density at radius 3 is 1.79 bits per heavy atom. The van der Waals surface area contributed by atoms with Crippen molar-refractivity contribution in [3.63, 3.8) is 0 Å². The van der Waals surface area contributed by atoms with Gasteiger partial charge in [-0.1, -0.05) is 60.7 Å². The van der Waals surface area contributed by atoms with E-state index < -0.39 is 0 Å². The molecule has 24 heavy (non-hydrogen) atoms. The van der Waals surface area contributed by atoms with Gasteiger partial charge in [0.1, 0.15) is 0 Å². The molecule has 0 aromatic heterocycles. The molecule has 0 aliphatic carbocycles. The molecule has 0 saturated carbocycles. The lowest BCUT2D eigenvalue weighted by molar-refractivity contribution is 0.0978. The van der Waals surface area contributed by atoms with Crippen molar-refractivity contribution in [1.29, 1.82) is 0 Å². The van der Waals surface area contributed by atoms with Gasteiger partial charge in [-0.05, 0) is 24.5 Å². The monoisotopic (exact) mass is 366 g/mol. The molecule has 1 unspecified atom stereocenters. The molecule has 2 aromatic carbocycles. The van der Waals surface area contributed by atoms with E-state index in [1.165, 1.54) is 37.3 Å². The Morgan fingerprint density at radius 1 is 0.750 bits per heavy atom. The van der Waals surface area contributed by atoms with Crippen molar-refractivity contribution in [2.75, 3.05) is 26.2 Å². The summed E-state index contributed by atoms with van der Waals surface area (Å²) < 4.78 is 0. The van der Waals surface area contributed by atoms with Crippen LogP contribution in [-0.2, 0) is 13.0 Å². The Morgan fingerprint density at radius 2 is 1.25 bits per heavy atom. The molecule has 1 aliphatic rings. The Bertz CT molecular complexity index is 554. The molecule has 0 amide bonds. The number of hydrogen-bond acceptors (Lipinski definition) is 2. The standard InChI is InChI=1S/C20H26N2.2ClH/c1-18(16-19-8-4-2-5-9-19)22-14-12-21(13-15-22)17-20-10-6-3-7-11-20;;/h2-11,18H,12-17H2,1H3;2*1H. The maximum Gasteiger partial charge on any atom is 0.0234 e. The fourth-order valence-corrected chi connectivity index (χ4v) is 3.29. The molecular weight excluding hydrogens is 339 g/mol. The van der Waals surface area contributed by atoms with Crippen molar-refractivity contribution >= 4 is 24.8 Å². The van der Waals surface area contributed by atoms with E-state index in [9.17, 15) is 0 Å². The topological polar surface area (TPSA) is 6.48 Å². The van der Waals surface area contributed by atoms with E-state index in [4.69, 9.17) is 0 Å². The second-order valence-electron chi connectivity index (χ2n) is 6.34. The fourth-order valence-electron chi connectivity index (χ4n) is 3.29. The van der Waals surface area contributed by atoms with Gasteiger partial charge in [0.15, 0.2) is 0 Å². The molecule has 0 spiro atoms. The van der Waals surface area contributed by atoms with Crippen LogP contribution in [0, 0.1) is 0 Å². The minimum absolute atomic E-state index is 0. The molecule has 2 aromatic rings. The molecule has 1 atom stereocenters. The zero-order chi connectivity index (χ0) is 15.2. The molecule has 0 N–H and O–H groups in total. The minimum atomic E-state index is 0. The van der Waals surface area contributed by atoms with Crippen LogP contribution in [0.4, 0.5) is 0 Å². The summed E-state index contributed by atoms with van der Waals surface area (Å²) in [7, 11) is 0. The van der Waals surface area contributed by atoms with Gasteiger partial charge in [0, 0.05) is 38.8 Å². The summed E-state index contributed by atoms with van der Waals surface area (Å²) >= 11 is 0. The van der Waals surface area contributed by atoms with Gasteiger partial charge in [0.25, 0.3) is 0 Å². The summed E-state index contributed by atoms with van der Waals surface area (Å²) in [5, 5.41) is 0. The molecule has 0 bridgehead atoms. The normalized spacial score (nSPS) is 16.7. The molecule has 132 valence electrons. The van der Waals surface area contributed by atoms with Gasteiger partial charge in [0.2, 0.25) is 0 Å². The summed E-state index contributed by atoms with van der Waals surface area (Å²) in [5.41, 5.74) is 2.87. The number of piperazine rings is 1. The van der Waals surface area contributed by atoms with Crippen LogP contribution in [0.5, 0.6) is 0 Å². The summed E-state index contributed by atoms with van der Waals surface area (Å²) in [5.74, 6) is 0. The van der Waals surface area contributed by atoms with Crippen LogP contribution in [0.1, 0.15) is 18.1 Å². The lowest BCUT2D eigenvalue weighted by Crippen LogP contribution is -2.49. The molecule has 1 heterocycles. The molecule has 1 aliphatic heterocycles. The predicted octanol–water partition coefficient (Wildman–Crippen LogP) is 4.28. The second kappa shape index (κ2) is 10.7. The average molecular weight is 367 g/mol. The average Bonchev–Trinajstić information content (AvgIpc) is 2.57. The van der Waals surface area contributed by atoms with Gasteiger partial charge in [0.05, 0.1) is 0 Å². The fraction of sp³-hybridized carbons (Fsp3) is 0.400. The zero-order valence-corrected chi connectivity index (χ0v) is 15.9. The largest absolute Gasteiger partial charge is 0.298 e. The first kappa shape index (κ1) is 21.0. The first-order chi connectivity index (χ1) is 10.8. The Labute approximate surface area is 158 Å². The molecule has 4 heteroatoms. The van der Waals surface area contributed by atoms with Gasteiger partial charge in [-0.25, -0.2) is 0 Å². The molecule has 1 fully saturated rings. The van der Waals surface area contributed by atoms with Gasteiger partial charge in [-0.3, -0.25) is 9.80 Å². The van der Waals surface area contributed by atoms with Crippen LogP contribution >= 0.6 is 24.8 Å². The van der Waals surface area contributed by atoms with E-state index in [1.807, 2.05) is 0 Å². The van der Waals surface area contributed by atoms with Crippen LogP contribution in [0.2, 0.25) is 0 Å². The molecule has 3 rings (SSSR count). The van der Waals surface area contributed by atoms with Crippen molar-refractivity contribution in [2.24, 2.45) is 0 Å². The lowest BCUT2D eigenvalue weighted by atomic mass is 10.1. The third-order valence-corrected chi connectivity index (χ3v) is 4.65. The van der Waals surface area contributed by atoms with Gasteiger partial charge in [-0.15, -0.1) is 24.8 Å². The first-order valence-electron chi connectivity index (χ1n) is 8.35. The van der Waals surface area contributed by atoms with Crippen LogP contribution in [0.3, 0.4) is 0 Å². The molecule has 2 nitrogen and oxygen atoms in total. The van der Waals surface area contributed by atoms with E-state index in [1.54, 1.807) is 0 Å². The minimum Gasteiger partial charge on any atom is -0.298 e. The quantitative estimate of drug-likeness (QED) is 0.778. The van der Waals surface area contributed by atoms with E-state index >= 15 is 0 Å². The maximum absolute atomic E-state index is 2.63. The highest BCUT2D eigenvalue weighted by molar-refractivity contribution is 5.85. The third-order valence-electron chi connectivity index (χ3n) is 4.65. The maximum atomic E-state index is 2.63. The summed E-state index contributed by atoms with van der Waals surface area (Å²) in [6, 6.07) is 22.3. The van der Waals surface area contributed by atoms with Crippen LogP contribution < -0.4 is 0 Å². The highest BCUT2D eigenvalue weighted by Crippen LogP contribution is 2.13. The zero-order valence-electron chi connectivity index (χ0n) is 14.3. The number of hydrogen-bond donors (Lipinski definition) is 0. The van der Waals surface area contributed by atoms with Crippen molar-refractivity contribution in [3.05, 3.63) is 71.8 Å². The van der Waals surface area contributed by atoms with Crippen molar-refractivity contribution < 1.29 is 0 Å². The predicted molar refractivity (Wildman–Crippen MR) is 107 cm³/mol. The lowest BCUT2D eigenvalue weighted by Gasteiger charge is -2.38. The van der Waals surface area contributed by atoms with Crippen LogP contribution in [-0.4, -0.2) is 42.0 Å². The van der Waals surface area contributed by atoms with Crippen molar-refractivity contribution in [2.45, 2.75) is 25.9 Å². The van der Waals surface area contributed by atoms with Gasteiger partial charge < -0.3 is 0 Å². The number of rotatable bonds is 5.